The van der Waals surface area contributed by atoms with Gasteiger partial charge in [0.15, 0.2) is 5.76 Å². The molecule has 2 heterocycles. The Bertz CT molecular complexity index is 1230. The van der Waals surface area contributed by atoms with Crippen molar-refractivity contribution in [3.05, 3.63) is 111 Å². The summed E-state index contributed by atoms with van der Waals surface area (Å²) in [4.78, 5) is 15.2. The lowest BCUT2D eigenvalue weighted by Crippen LogP contribution is -2.32. The van der Waals surface area contributed by atoms with Crippen LogP contribution >= 0.6 is 11.6 Å². The molecule has 0 saturated heterocycles. The summed E-state index contributed by atoms with van der Waals surface area (Å²) >= 11 is 5.99. The lowest BCUT2D eigenvalue weighted by molar-refractivity contribution is 0.0876. The Morgan fingerprint density at radius 3 is 2.62 bits per heavy atom. The fraction of sp³-hybridized carbons (Fsp3) is 0.148. The second-order valence-corrected chi connectivity index (χ2v) is 8.42. The minimum Gasteiger partial charge on any atom is -0.477 e. The number of carbonyl (C=O) groups excluding carboxylic acids is 1. The average molecular weight is 444 g/mol. The van der Waals surface area contributed by atoms with Crippen LogP contribution in [0.5, 0.6) is 11.5 Å². The van der Waals surface area contributed by atoms with Crippen molar-refractivity contribution in [1.29, 1.82) is 0 Å². The summed E-state index contributed by atoms with van der Waals surface area (Å²) in [6.07, 6.45) is 5.51. The standard InChI is InChI=1S/C27H22ClNO3/c1-18-26-21(16-29(17-31-26)15-20-10-12-22(28)13-11-20)14-23-25(30)24(32-27(18)23)9-5-8-19-6-3-2-4-7-19/h2-14H,15-17H2,1H3/b8-5+,24-9-. The lowest BCUT2D eigenvalue weighted by Gasteiger charge is -2.30. The van der Waals surface area contributed by atoms with Crippen LogP contribution in [0.25, 0.3) is 6.08 Å². The summed E-state index contributed by atoms with van der Waals surface area (Å²) in [7, 11) is 0. The molecule has 0 atom stereocenters. The largest absolute Gasteiger partial charge is 0.477 e. The van der Waals surface area contributed by atoms with Gasteiger partial charge in [0.05, 0.1) is 5.56 Å². The van der Waals surface area contributed by atoms with E-state index >= 15 is 0 Å². The summed E-state index contributed by atoms with van der Waals surface area (Å²) in [6.45, 7) is 3.87. The molecule has 5 rings (SSSR count). The van der Waals surface area contributed by atoms with Gasteiger partial charge >= 0.3 is 0 Å². The SMILES string of the molecule is Cc1c2c(cc3c1O/C(=C\C=C\c1ccccc1)C3=O)CN(Cc1ccc(Cl)cc1)CO2. The minimum atomic E-state index is -0.0987. The first kappa shape index (κ1) is 20.6. The van der Waals surface area contributed by atoms with E-state index in [9.17, 15) is 4.79 Å². The molecule has 0 aliphatic carbocycles. The molecule has 0 fully saturated rings. The van der Waals surface area contributed by atoms with Crippen molar-refractivity contribution in [3.63, 3.8) is 0 Å². The van der Waals surface area contributed by atoms with Crippen LogP contribution in [0.4, 0.5) is 0 Å². The highest BCUT2D eigenvalue weighted by Crippen LogP contribution is 2.43. The normalized spacial score (nSPS) is 16.7. The van der Waals surface area contributed by atoms with Gasteiger partial charge < -0.3 is 9.47 Å². The van der Waals surface area contributed by atoms with Crippen LogP contribution in [0.3, 0.4) is 0 Å². The number of benzene rings is 3. The van der Waals surface area contributed by atoms with Crippen LogP contribution in [-0.2, 0) is 13.1 Å². The fourth-order valence-electron chi connectivity index (χ4n) is 4.07. The van der Waals surface area contributed by atoms with Gasteiger partial charge in [-0.1, -0.05) is 66.2 Å². The monoisotopic (exact) mass is 443 g/mol. The Hall–Kier alpha value is -3.34. The number of hydrogen-bond acceptors (Lipinski definition) is 4. The number of rotatable bonds is 4. The van der Waals surface area contributed by atoms with Crippen molar-refractivity contribution in [3.8, 4) is 11.5 Å². The van der Waals surface area contributed by atoms with Crippen LogP contribution in [-0.4, -0.2) is 17.4 Å². The third kappa shape index (κ3) is 4.07. The number of allylic oxidation sites excluding steroid dienone is 3. The van der Waals surface area contributed by atoms with E-state index in [1.165, 1.54) is 0 Å². The summed E-state index contributed by atoms with van der Waals surface area (Å²) in [5.41, 5.74) is 4.69. The van der Waals surface area contributed by atoms with Gasteiger partial charge in [0.1, 0.15) is 18.2 Å². The highest BCUT2D eigenvalue weighted by atomic mass is 35.5. The van der Waals surface area contributed by atoms with Crippen molar-refractivity contribution in [2.24, 2.45) is 0 Å². The maximum absolute atomic E-state index is 13.0. The molecule has 2 aliphatic rings. The van der Waals surface area contributed by atoms with Crippen molar-refractivity contribution in [1.82, 2.24) is 4.90 Å². The molecule has 0 radical (unpaired) electrons. The summed E-state index contributed by atoms with van der Waals surface area (Å²) in [5, 5.41) is 0.723. The van der Waals surface area contributed by atoms with E-state index in [-0.39, 0.29) is 5.78 Å². The number of Topliss-reactive ketones (excluding diaryl/α,β-unsaturated/α-hetero) is 1. The zero-order chi connectivity index (χ0) is 22.1. The first-order valence-corrected chi connectivity index (χ1v) is 10.9. The summed E-state index contributed by atoms with van der Waals surface area (Å²) in [5.74, 6) is 1.64. The van der Waals surface area contributed by atoms with Gasteiger partial charge in [-0.05, 0) is 42.3 Å². The molecule has 0 bridgehead atoms. The van der Waals surface area contributed by atoms with Gasteiger partial charge in [-0.2, -0.15) is 0 Å². The van der Waals surface area contributed by atoms with E-state index in [1.54, 1.807) is 6.08 Å². The fourth-order valence-corrected chi connectivity index (χ4v) is 4.20. The minimum absolute atomic E-state index is 0.0987. The van der Waals surface area contributed by atoms with Gasteiger partial charge in [0, 0.05) is 29.2 Å². The van der Waals surface area contributed by atoms with E-state index in [1.807, 2.05) is 79.7 Å². The predicted molar refractivity (Wildman–Crippen MR) is 126 cm³/mol. The van der Waals surface area contributed by atoms with Crippen LogP contribution in [0.1, 0.15) is 32.6 Å². The number of ether oxygens (including phenoxy) is 2. The zero-order valence-corrected chi connectivity index (χ0v) is 18.4. The number of carbonyl (C=O) groups is 1. The Labute approximate surface area is 192 Å². The number of nitrogens with zero attached hydrogens (tertiary/aromatic N) is 1. The molecule has 3 aromatic carbocycles. The van der Waals surface area contributed by atoms with Crippen molar-refractivity contribution >= 4 is 23.5 Å². The third-order valence-electron chi connectivity index (χ3n) is 5.66. The summed E-state index contributed by atoms with van der Waals surface area (Å²) < 4.78 is 12.0. The molecule has 2 aliphatic heterocycles. The third-order valence-corrected chi connectivity index (χ3v) is 5.91. The molecule has 5 heteroatoms. The average Bonchev–Trinajstić information content (AvgIpc) is 3.12. The van der Waals surface area contributed by atoms with Crippen LogP contribution < -0.4 is 9.47 Å². The summed E-state index contributed by atoms with van der Waals surface area (Å²) in [6, 6.07) is 19.7. The van der Waals surface area contributed by atoms with Crippen molar-refractivity contribution in [2.45, 2.75) is 20.0 Å². The first-order valence-electron chi connectivity index (χ1n) is 10.5. The predicted octanol–water partition coefficient (Wildman–Crippen LogP) is 6.17. The van der Waals surface area contributed by atoms with Gasteiger partial charge in [0.2, 0.25) is 5.78 Å². The molecule has 0 unspecified atom stereocenters. The molecule has 0 saturated carbocycles. The van der Waals surface area contributed by atoms with Crippen LogP contribution in [0.2, 0.25) is 5.02 Å². The zero-order valence-electron chi connectivity index (χ0n) is 17.7. The highest BCUT2D eigenvalue weighted by Gasteiger charge is 2.33. The van der Waals surface area contributed by atoms with E-state index in [0.717, 1.165) is 39.6 Å². The molecular weight excluding hydrogens is 422 g/mol. The van der Waals surface area contributed by atoms with E-state index < -0.39 is 0 Å². The maximum atomic E-state index is 13.0. The van der Waals surface area contributed by atoms with Gasteiger partial charge in [-0.25, -0.2) is 0 Å². The number of hydrogen-bond donors (Lipinski definition) is 0. The lowest BCUT2D eigenvalue weighted by atomic mass is 10.00. The Balaban J connectivity index is 1.36. The van der Waals surface area contributed by atoms with Crippen molar-refractivity contribution < 1.29 is 14.3 Å². The molecule has 32 heavy (non-hydrogen) atoms. The van der Waals surface area contributed by atoms with Gasteiger partial charge in [0.25, 0.3) is 0 Å². The Morgan fingerprint density at radius 2 is 1.84 bits per heavy atom. The quantitative estimate of drug-likeness (QED) is 0.452. The van der Waals surface area contributed by atoms with E-state index in [0.29, 0.717) is 30.3 Å². The van der Waals surface area contributed by atoms with E-state index in [2.05, 4.69) is 4.90 Å². The van der Waals surface area contributed by atoms with Gasteiger partial charge in [-0.15, -0.1) is 0 Å². The topological polar surface area (TPSA) is 38.8 Å². The van der Waals surface area contributed by atoms with Crippen LogP contribution in [0, 0.1) is 6.92 Å². The second-order valence-electron chi connectivity index (χ2n) is 7.99. The van der Waals surface area contributed by atoms with Crippen LogP contribution in [0.15, 0.2) is 78.6 Å². The molecule has 0 amide bonds. The Kier molecular flexibility index (Phi) is 5.56. The smallest absolute Gasteiger partial charge is 0.231 e. The molecule has 3 aromatic rings. The Morgan fingerprint density at radius 1 is 1.06 bits per heavy atom. The van der Waals surface area contributed by atoms with E-state index in [4.69, 9.17) is 21.1 Å². The molecule has 0 aromatic heterocycles. The molecule has 4 nitrogen and oxygen atoms in total. The number of halogens is 1. The number of fused-ring (bicyclic) bond motifs is 2. The molecule has 0 N–H and O–H groups in total. The molecule has 0 spiro atoms. The maximum Gasteiger partial charge on any atom is 0.231 e. The van der Waals surface area contributed by atoms with Crippen molar-refractivity contribution in [2.75, 3.05) is 6.73 Å². The first-order chi connectivity index (χ1) is 15.6. The molecular formula is C27H22ClNO3. The molecule has 160 valence electrons. The van der Waals surface area contributed by atoms with Gasteiger partial charge in [-0.3, -0.25) is 9.69 Å². The highest BCUT2D eigenvalue weighted by molar-refractivity contribution is 6.30. The second kappa shape index (κ2) is 8.65. The number of ketones is 1.